The average Bonchev–Trinajstić information content (AvgIpc) is 3.33. The van der Waals surface area contributed by atoms with Crippen molar-refractivity contribution in [1.29, 1.82) is 0 Å². The molecule has 2 heterocycles. The first-order valence-corrected chi connectivity index (χ1v) is 10.5. The number of thiazole rings is 1. The van der Waals surface area contributed by atoms with Gasteiger partial charge in [-0.3, -0.25) is 9.59 Å². The number of Topliss-reactive ketones (excluding diaryl/α,β-unsaturated/α-hetero) is 1. The van der Waals surface area contributed by atoms with Gasteiger partial charge >= 0.3 is 0 Å². The Labute approximate surface area is 157 Å². The fraction of sp³-hybridized carbons (Fsp3) is 0.550. The fourth-order valence-corrected chi connectivity index (χ4v) is 5.05. The average molecular weight is 372 g/mol. The lowest BCUT2D eigenvalue weighted by Gasteiger charge is -2.26. The molecule has 26 heavy (non-hydrogen) atoms. The molecule has 1 atom stereocenters. The molecule has 2 aliphatic rings. The van der Waals surface area contributed by atoms with E-state index in [1.807, 2.05) is 24.3 Å². The van der Waals surface area contributed by atoms with E-state index in [4.69, 9.17) is 0 Å². The molecule has 0 radical (unpaired) electrons. The van der Waals surface area contributed by atoms with E-state index in [0.717, 1.165) is 35.9 Å². The van der Waals surface area contributed by atoms with Crippen LogP contribution in [0, 0.1) is 0 Å². The van der Waals surface area contributed by atoms with Crippen LogP contribution in [0.15, 0.2) is 24.3 Å². The highest BCUT2D eigenvalue weighted by Crippen LogP contribution is 2.27. The van der Waals surface area contributed by atoms with Gasteiger partial charge in [-0.05, 0) is 37.8 Å². The number of hydrogen-bond donors (Lipinski definition) is 1. The van der Waals surface area contributed by atoms with Crippen molar-refractivity contribution in [2.24, 2.45) is 0 Å². The van der Waals surface area contributed by atoms with Crippen molar-refractivity contribution in [3.8, 4) is 0 Å². The van der Waals surface area contributed by atoms with Gasteiger partial charge in [0.25, 0.3) is 0 Å². The summed E-state index contributed by atoms with van der Waals surface area (Å²) in [7, 11) is 0. The molecule has 1 amide bonds. The van der Waals surface area contributed by atoms with Gasteiger partial charge in [0.15, 0.2) is 5.01 Å². The first kappa shape index (κ1) is 17.6. The summed E-state index contributed by atoms with van der Waals surface area (Å²) in [5.41, 5.74) is 0.857. The number of fused-ring (bicyclic) bond motifs is 1. The Balaban J connectivity index is 1.41. The second kappa shape index (κ2) is 7.84. The summed E-state index contributed by atoms with van der Waals surface area (Å²) < 4.78 is 1.02. The summed E-state index contributed by atoms with van der Waals surface area (Å²) >= 11 is 1.43. The van der Waals surface area contributed by atoms with Crippen molar-refractivity contribution in [3.05, 3.63) is 29.3 Å². The predicted molar refractivity (Wildman–Crippen MR) is 104 cm³/mol. The van der Waals surface area contributed by atoms with Gasteiger partial charge in [0, 0.05) is 12.6 Å². The largest absolute Gasteiger partial charge is 0.331 e. The maximum absolute atomic E-state index is 13.0. The normalized spacial score (nSPS) is 21.4. The van der Waals surface area contributed by atoms with Crippen LogP contribution in [0.5, 0.6) is 0 Å². The lowest BCUT2D eigenvalue weighted by molar-refractivity contribution is -0.130. The van der Waals surface area contributed by atoms with E-state index in [0.29, 0.717) is 24.1 Å². The Kier molecular flexibility index (Phi) is 5.31. The zero-order chi connectivity index (χ0) is 17.9. The number of amides is 1. The molecule has 138 valence electrons. The molecule has 1 unspecified atom stereocenters. The van der Waals surface area contributed by atoms with Gasteiger partial charge < -0.3 is 10.2 Å². The molecule has 1 aromatic heterocycles. The molecule has 2 fully saturated rings. The highest BCUT2D eigenvalue weighted by atomic mass is 32.1. The molecule has 1 aliphatic heterocycles. The summed E-state index contributed by atoms with van der Waals surface area (Å²) in [6.07, 6.45) is 7.72. The van der Waals surface area contributed by atoms with Crippen LogP contribution in [0.25, 0.3) is 10.2 Å². The van der Waals surface area contributed by atoms with Gasteiger partial charge in [-0.15, -0.1) is 11.3 Å². The molecule has 1 saturated carbocycles. The Morgan fingerprint density at radius 3 is 2.73 bits per heavy atom. The van der Waals surface area contributed by atoms with Crippen molar-refractivity contribution in [2.45, 2.75) is 57.0 Å². The van der Waals surface area contributed by atoms with E-state index in [1.165, 1.54) is 30.6 Å². The minimum atomic E-state index is -0.351. The van der Waals surface area contributed by atoms with Crippen molar-refractivity contribution in [3.63, 3.8) is 0 Å². The van der Waals surface area contributed by atoms with Crippen LogP contribution in [0.3, 0.4) is 0 Å². The minimum Gasteiger partial charge on any atom is -0.331 e. The number of ketones is 1. The molecular formula is C20H25N3O2S. The zero-order valence-corrected chi connectivity index (χ0v) is 15.8. The Morgan fingerprint density at radius 2 is 1.92 bits per heavy atom. The van der Waals surface area contributed by atoms with Gasteiger partial charge in [-0.25, -0.2) is 4.98 Å². The van der Waals surface area contributed by atoms with Crippen LogP contribution in [-0.4, -0.2) is 46.7 Å². The van der Waals surface area contributed by atoms with Crippen LogP contribution >= 0.6 is 11.3 Å². The quantitative estimate of drug-likeness (QED) is 0.819. The van der Waals surface area contributed by atoms with Gasteiger partial charge in [0.2, 0.25) is 11.7 Å². The number of carbonyl (C=O) groups is 2. The first-order chi connectivity index (χ1) is 12.7. The molecule has 0 bridgehead atoms. The van der Waals surface area contributed by atoms with Gasteiger partial charge in [-0.1, -0.05) is 31.4 Å². The summed E-state index contributed by atoms with van der Waals surface area (Å²) in [6.45, 7) is 1.01. The lowest BCUT2D eigenvalue weighted by atomic mass is 9.95. The molecule has 4 rings (SSSR count). The second-order valence-electron chi connectivity index (χ2n) is 7.31. The number of nitrogens with zero attached hydrogens (tertiary/aromatic N) is 2. The molecule has 1 aliphatic carbocycles. The maximum atomic E-state index is 13.0. The number of aromatic nitrogens is 1. The molecule has 0 spiro atoms. The number of rotatable bonds is 5. The number of nitrogens with one attached hydrogen (secondary N) is 1. The van der Waals surface area contributed by atoms with E-state index in [1.54, 1.807) is 4.90 Å². The molecular weight excluding hydrogens is 346 g/mol. The Hall–Kier alpha value is -1.79. The third-order valence-electron chi connectivity index (χ3n) is 5.53. The predicted octanol–water partition coefficient (Wildman–Crippen LogP) is 3.39. The lowest BCUT2D eigenvalue weighted by Crippen LogP contribution is -2.46. The fourth-order valence-electron chi connectivity index (χ4n) is 4.10. The molecule has 2 aromatic rings. The first-order valence-electron chi connectivity index (χ1n) is 9.65. The SMILES string of the molecule is O=C(c1nc2ccccc2s1)C1CCCN1C(=O)CNC1CCCCC1. The highest BCUT2D eigenvalue weighted by Gasteiger charge is 2.35. The number of hydrogen-bond acceptors (Lipinski definition) is 5. The number of para-hydroxylation sites is 1. The van der Waals surface area contributed by atoms with Crippen LogP contribution in [0.2, 0.25) is 0 Å². The Bertz CT molecular complexity index is 764. The molecule has 1 N–H and O–H groups in total. The Morgan fingerprint density at radius 1 is 1.12 bits per heavy atom. The van der Waals surface area contributed by atoms with Gasteiger partial charge in [0.05, 0.1) is 22.8 Å². The van der Waals surface area contributed by atoms with Crippen LogP contribution in [0.4, 0.5) is 0 Å². The number of benzene rings is 1. The molecule has 6 heteroatoms. The van der Waals surface area contributed by atoms with Crippen LogP contribution in [0.1, 0.15) is 54.7 Å². The van der Waals surface area contributed by atoms with E-state index < -0.39 is 0 Å². The third kappa shape index (κ3) is 3.67. The van der Waals surface area contributed by atoms with Gasteiger partial charge in [0.1, 0.15) is 0 Å². The van der Waals surface area contributed by atoms with Crippen LogP contribution in [-0.2, 0) is 4.79 Å². The van der Waals surface area contributed by atoms with E-state index in [9.17, 15) is 9.59 Å². The summed E-state index contributed by atoms with van der Waals surface area (Å²) in [5, 5.41) is 3.93. The molecule has 1 saturated heterocycles. The van der Waals surface area contributed by atoms with Crippen molar-refractivity contribution >= 4 is 33.2 Å². The van der Waals surface area contributed by atoms with E-state index in [-0.39, 0.29) is 17.7 Å². The summed E-state index contributed by atoms with van der Waals surface area (Å²) in [5.74, 6) is 0.0438. The van der Waals surface area contributed by atoms with E-state index in [2.05, 4.69) is 10.3 Å². The smallest absolute Gasteiger partial charge is 0.237 e. The van der Waals surface area contributed by atoms with E-state index >= 15 is 0 Å². The van der Waals surface area contributed by atoms with Crippen molar-refractivity contribution in [2.75, 3.05) is 13.1 Å². The molecule has 5 nitrogen and oxygen atoms in total. The number of carbonyl (C=O) groups excluding carboxylic acids is 2. The van der Waals surface area contributed by atoms with Crippen LogP contribution < -0.4 is 5.32 Å². The third-order valence-corrected chi connectivity index (χ3v) is 6.58. The second-order valence-corrected chi connectivity index (χ2v) is 8.34. The topological polar surface area (TPSA) is 62.3 Å². The highest BCUT2D eigenvalue weighted by molar-refractivity contribution is 7.20. The summed E-state index contributed by atoms with van der Waals surface area (Å²) in [6, 6.07) is 7.89. The monoisotopic (exact) mass is 371 g/mol. The minimum absolute atomic E-state index is 0.00489. The van der Waals surface area contributed by atoms with Crippen molar-refractivity contribution in [1.82, 2.24) is 15.2 Å². The standard InChI is InChI=1S/C20H25N3O2S/c24-18(13-21-14-7-2-1-3-8-14)23-12-6-10-16(23)19(25)20-22-15-9-4-5-11-17(15)26-20/h4-5,9,11,14,16,21H,1-3,6-8,10,12-13H2. The number of likely N-dealkylation sites (tertiary alicyclic amines) is 1. The summed E-state index contributed by atoms with van der Waals surface area (Å²) in [4.78, 5) is 31.9. The zero-order valence-electron chi connectivity index (χ0n) is 14.9. The van der Waals surface area contributed by atoms with Crippen molar-refractivity contribution < 1.29 is 9.59 Å². The van der Waals surface area contributed by atoms with Gasteiger partial charge in [-0.2, -0.15) is 0 Å². The maximum Gasteiger partial charge on any atom is 0.237 e. The molecule has 1 aromatic carbocycles.